The molecule has 2 aromatic rings. The van der Waals surface area contributed by atoms with Crippen molar-refractivity contribution in [2.45, 2.75) is 13.5 Å². The zero-order chi connectivity index (χ0) is 15.1. The second-order valence-corrected chi connectivity index (χ2v) is 5.56. The lowest BCUT2D eigenvalue weighted by Gasteiger charge is -2.20. The molecule has 0 radical (unpaired) electrons. The highest BCUT2D eigenvalue weighted by Crippen LogP contribution is 2.12. The van der Waals surface area contributed by atoms with E-state index in [1.807, 2.05) is 29.3 Å². The fourth-order valence-corrected chi connectivity index (χ4v) is 2.64. The SMILES string of the molecule is CCN(Cc1cccs1)C(=O)CNc1ccc(C#N)cc1. The number of nitrogens with one attached hydrogen (secondary N) is 1. The van der Waals surface area contributed by atoms with Crippen molar-refractivity contribution < 1.29 is 4.79 Å². The lowest BCUT2D eigenvalue weighted by Crippen LogP contribution is -2.34. The Hall–Kier alpha value is -2.32. The number of rotatable bonds is 6. The molecular weight excluding hydrogens is 282 g/mol. The van der Waals surface area contributed by atoms with Crippen molar-refractivity contribution in [2.75, 3.05) is 18.4 Å². The molecule has 4 nitrogen and oxygen atoms in total. The Morgan fingerprint density at radius 3 is 2.67 bits per heavy atom. The quantitative estimate of drug-likeness (QED) is 0.892. The molecular formula is C16H17N3OS. The van der Waals surface area contributed by atoms with Gasteiger partial charge in [0.25, 0.3) is 0 Å². The molecule has 1 N–H and O–H groups in total. The van der Waals surface area contributed by atoms with Gasteiger partial charge in [-0.05, 0) is 42.6 Å². The lowest BCUT2D eigenvalue weighted by molar-refractivity contribution is -0.129. The summed E-state index contributed by atoms with van der Waals surface area (Å²) in [4.78, 5) is 15.2. The molecule has 0 aliphatic heterocycles. The molecule has 0 fully saturated rings. The minimum absolute atomic E-state index is 0.0651. The van der Waals surface area contributed by atoms with Crippen LogP contribution in [0.3, 0.4) is 0 Å². The summed E-state index contributed by atoms with van der Waals surface area (Å²) in [6.45, 7) is 3.58. The van der Waals surface area contributed by atoms with E-state index in [0.29, 0.717) is 18.7 Å². The van der Waals surface area contributed by atoms with E-state index in [2.05, 4.69) is 11.4 Å². The molecule has 21 heavy (non-hydrogen) atoms. The second kappa shape index (κ2) is 7.46. The highest BCUT2D eigenvalue weighted by Gasteiger charge is 2.12. The van der Waals surface area contributed by atoms with E-state index in [1.165, 1.54) is 4.88 Å². The number of carbonyl (C=O) groups is 1. The maximum Gasteiger partial charge on any atom is 0.242 e. The summed E-state index contributed by atoms with van der Waals surface area (Å²) < 4.78 is 0. The van der Waals surface area contributed by atoms with Gasteiger partial charge in [0.15, 0.2) is 0 Å². The topological polar surface area (TPSA) is 56.1 Å². The van der Waals surface area contributed by atoms with Crippen LogP contribution in [0.5, 0.6) is 0 Å². The van der Waals surface area contributed by atoms with Crippen LogP contribution in [-0.4, -0.2) is 23.9 Å². The second-order valence-electron chi connectivity index (χ2n) is 4.53. The molecule has 0 atom stereocenters. The number of nitrogens with zero attached hydrogens (tertiary/aromatic N) is 2. The summed E-state index contributed by atoms with van der Waals surface area (Å²) >= 11 is 1.66. The summed E-state index contributed by atoms with van der Waals surface area (Å²) in [5, 5.41) is 13.9. The van der Waals surface area contributed by atoms with E-state index < -0.39 is 0 Å². The van der Waals surface area contributed by atoms with E-state index in [4.69, 9.17) is 5.26 Å². The highest BCUT2D eigenvalue weighted by atomic mass is 32.1. The molecule has 0 aliphatic carbocycles. The average molecular weight is 299 g/mol. The number of thiophene rings is 1. The minimum Gasteiger partial charge on any atom is -0.376 e. The minimum atomic E-state index is 0.0651. The first-order valence-corrected chi connectivity index (χ1v) is 7.65. The van der Waals surface area contributed by atoms with Crippen LogP contribution >= 0.6 is 11.3 Å². The molecule has 1 amide bonds. The number of nitriles is 1. The molecule has 108 valence electrons. The molecule has 0 aliphatic rings. The normalized spacial score (nSPS) is 9.90. The van der Waals surface area contributed by atoms with Crippen LogP contribution in [0, 0.1) is 11.3 Å². The van der Waals surface area contributed by atoms with E-state index >= 15 is 0 Å². The van der Waals surface area contributed by atoms with Crippen LogP contribution in [-0.2, 0) is 11.3 Å². The van der Waals surface area contributed by atoms with Crippen molar-refractivity contribution in [1.29, 1.82) is 5.26 Å². The maximum atomic E-state index is 12.2. The van der Waals surface area contributed by atoms with Gasteiger partial charge in [0.05, 0.1) is 24.7 Å². The zero-order valence-corrected chi connectivity index (χ0v) is 12.7. The van der Waals surface area contributed by atoms with E-state index in [9.17, 15) is 4.79 Å². The van der Waals surface area contributed by atoms with Gasteiger partial charge in [0, 0.05) is 17.1 Å². The molecule has 5 heteroatoms. The van der Waals surface area contributed by atoms with E-state index in [-0.39, 0.29) is 12.5 Å². The Kier molecular flexibility index (Phi) is 5.35. The van der Waals surface area contributed by atoms with Crippen molar-refractivity contribution in [3.05, 3.63) is 52.2 Å². The van der Waals surface area contributed by atoms with E-state index in [1.54, 1.807) is 35.6 Å². The third-order valence-electron chi connectivity index (χ3n) is 3.12. The van der Waals surface area contributed by atoms with Crippen LogP contribution in [0.25, 0.3) is 0 Å². The first-order chi connectivity index (χ1) is 10.2. The summed E-state index contributed by atoms with van der Waals surface area (Å²) in [5.74, 6) is 0.0651. The van der Waals surface area contributed by atoms with Crippen molar-refractivity contribution >= 4 is 22.9 Å². The van der Waals surface area contributed by atoms with Gasteiger partial charge in [-0.15, -0.1) is 11.3 Å². The Bertz CT molecular complexity index is 614. The third-order valence-corrected chi connectivity index (χ3v) is 3.98. The number of likely N-dealkylation sites (N-methyl/N-ethyl adjacent to an activating group) is 1. The average Bonchev–Trinajstić information content (AvgIpc) is 3.03. The van der Waals surface area contributed by atoms with Crippen molar-refractivity contribution in [1.82, 2.24) is 4.90 Å². The summed E-state index contributed by atoms with van der Waals surface area (Å²) in [6, 6.07) is 13.2. The molecule has 0 bridgehead atoms. The predicted octanol–water partition coefficient (Wildman–Crippen LogP) is 3.08. The van der Waals surface area contributed by atoms with Gasteiger partial charge in [-0.25, -0.2) is 0 Å². The van der Waals surface area contributed by atoms with Crippen LogP contribution in [0.15, 0.2) is 41.8 Å². The molecule has 0 unspecified atom stereocenters. The van der Waals surface area contributed by atoms with Crippen LogP contribution in [0.2, 0.25) is 0 Å². The first kappa shape index (κ1) is 15.1. The fourth-order valence-electron chi connectivity index (χ4n) is 1.92. The number of hydrogen-bond donors (Lipinski definition) is 1. The number of amides is 1. The maximum absolute atomic E-state index is 12.2. The molecule has 1 heterocycles. The number of hydrogen-bond acceptors (Lipinski definition) is 4. The fraction of sp³-hybridized carbons (Fsp3) is 0.250. The highest BCUT2D eigenvalue weighted by molar-refractivity contribution is 7.09. The first-order valence-electron chi connectivity index (χ1n) is 6.77. The van der Waals surface area contributed by atoms with Crippen LogP contribution in [0.4, 0.5) is 5.69 Å². The molecule has 1 aromatic heterocycles. The number of carbonyl (C=O) groups excluding carboxylic acids is 1. The monoisotopic (exact) mass is 299 g/mol. The zero-order valence-electron chi connectivity index (χ0n) is 11.9. The predicted molar refractivity (Wildman–Crippen MR) is 85.1 cm³/mol. The van der Waals surface area contributed by atoms with Gasteiger partial charge in [-0.3, -0.25) is 4.79 Å². The molecule has 1 aromatic carbocycles. The van der Waals surface area contributed by atoms with Crippen molar-refractivity contribution in [2.24, 2.45) is 0 Å². The smallest absolute Gasteiger partial charge is 0.242 e. The van der Waals surface area contributed by atoms with Crippen LogP contribution in [0.1, 0.15) is 17.4 Å². The third kappa shape index (κ3) is 4.33. The van der Waals surface area contributed by atoms with Crippen molar-refractivity contribution in [3.63, 3.8) is 0 Å². The molecule has 0 spiro atoms. The van der Waals surface area contributed by atoms with Gasteiger partial charge in [-0.1, -0.05) is 6.07 Å². The van der Waals surface area contributed by atoms with Gasteiger partial charge < -0.3 is 10.2 Å². The van der Waals surface area contributed by atoms with Crippen LogP contribution < -0.4 is 5.32 Å². The summed E-state index contributed by atoms with van der Waals surface area (Å²) in [7, 11) is 0. The van der Waals surface area contributed by atoms with E-state index in [0.717, 1.165) is 5.69 Å². The lowest BCUT2D eigenvalue weighted by atomic mass is 10.2. The van der Waals surface area contributed by atoms with Gasteiger partial charge in [0.2, 0.25) is 5.91 Å². The van der Waals surface area contributed by atoms with Gasteiger partial charge in [-0.2, -0.15) is 5.26 Å². The number of anilines is 1. The van der Waals surface area contributed by atoms with Crippen molar-refractivity contribution in [3.8, 4) is 6.07 Å². The van der Waals surface area contributed by atoms with Gasteiger partial charge in [0.1, 0.15) is 0 Å². The Morgan fingerprint density at radius 1 is 1.33 bits per heavy atom. The Balaban J connectivity index is 1.88. The Labute approximate surface area is 128 Å². The standard InChI is InChI=1S/C16H17N3OS/c1-2-19(12-15-4-3-9-21-15)16(20)11-18-14-7-5-13(10-17)6-8-14/h3-9,18H,2,11-12H2,1H3. The summed E-state index contributed by atoms with van der Waals surface area (Å²) in [6.07, 6.45) is 0. The summed E-state index contributed by atoms with van der Waals surface area (Å²) in [5.41, 5.74) is 1.45. The molecule has 0 saturated heterocycles. The Morgan fingerprint density at radius 2 is 2.10 bits per heavy atom. The number of benzene rings is 1. The molecule has 2 rings (SSSR count). The largest absolute Gasteiger partial charge is 0.376 e. The molecule has 0 saturated carbocycles. The van der Waals surface area contributed by atoms with Gasteiger partial charge >= 0.3 is 0 Å².